The maximum absolute atomic E-state index is 5.01. The Morgan fingerprint density at radius 3 is 2.62 bits per heavy atom. The molecule has 0 amide bonds. The number of piperidine rings is 1. The number of nitrogens with zero attached hydrogens (tertiary/aromatic N) is 4. The van der Waals surface area contributed by atoms with E-state index in [1.165, 1.54) is 18.4 Å². The van der Waals surface area contributed by atoms with E-state index in [0.717, 1.165) is 47.6 Å². The molecule has 1 saturated heterocycles. The van der Waals surface area contributed by atoms with Gasteiger partial charge in [0.05, 0.1) is 5.52 Å². The highest BCUT2D eigenvalue weighted by atomic mass is 15.2. The van der Waals surface area contributed by atoms with Gasteiger partial charge in [-0.25, -0.2) is 9.97 Å². The molecule has 144 valence electrons. The van der Waals surface area contributed by atoms with Crippen molar-refractivity contribution in [1.82, 2.24) is 15.0 Å². The first kappa shape index (κ1) is 17.8. The second kappa shape index (κ2) is 8.00. The third kappa shape index (κ3) is 3.83. The Labute approximate surface area is 171 Å². The molecule has 3 heterocycles. The van der Waals surface area contributed by atoms with Gasteiger partial charge in [-0.2, -0.15) is 0 Å². The summed E-state index contributed by atoms with van der Waals surface area (Å²) in [5.74, 6) is 2.44. The van der Waals surface area contributed by atoms with E-state index in [-0.39, 0.29) is 0 Å². The van der Waals surface area contributed by atoms with Gasteiger partial charge >= 0.3 is 0 Å². The summed E-state index contributed by atoms with van der Waals surface area (Å²) >= 11 is 0. The van der Waals surface area contributed by atoms with Crippen molar-refractivity contribution < 1.29 is 0 Å². The number of hydrogen-bond donors (Lipinski definition) is 0. The molecule has 0 saturated carbocycles. The van der Waals surface area contributed by atoms with E-state index in [1.54, 1.807) is 6.20 Å². The van der Waals surface area contributed by atoms with Crippen LogP contribution in [0.2, 0.25) is 0 Å². The highest BCUT2D eigenvalue weighted by Crippen LogP contribution is 2.31. The Morgan fingerprint density at radius 1 is 0.897 bits per heavy atom. The second-order valence-electron chi connectivity index (χ2n) is 7.77. The third-order valence-electron chi connectivity index (χ3n) is 5.69. The van der Waals surface area contributed by atoms with Crippen molar-refractivity contribution in [3.63, 3.8) is 0 Å². The summed E-state index contributed by atoms with van der Waals surface area (Å²) in [5, 5.41) is 1.13. The number of pyridine rings is 1. The number of para-hydroxylation sites is 1. The molecule has 29 heavy (non-hydrogen) atoms. The number of anilines is 1. The lowest BCUT2D eigenvalue weighted by atomic mass is 9.91. The summed E-state index contributed by atoms with van der Waals surface area (Å²) in [6, 6.07) is 23.1. The Hall–Kier alpha value is -3.27. The molecule has 0 N–H and O–H groups in total. The first-order valence-corrected chi connectivity index (χ1v) is 10.3. The SMILES string of the molecule is c1ccc(CC2CCCN(c3nc(-c4cccnc4)nc4ccccc34)C2)cc1. The van der Waals surface area contributed by atoms with Gasteiger partial charge in [0.15, 0.2) is 5.82 Å². The largest absolute Gasteiger partial charge is 0.356 e. The van der Waals surface area contributed by atoms with Gasteiger partial charge in [-0.15, -0.1) is 0 Å². The lowest BCUT2D eigenvalue weighted by Gasteiger charge is -2.34. The molecule has 0 bridgehead atoms. The van der Waals surface area contributed by atoms with E-state index in [1.807, 2.05) is 24.4 Å². The molecule has 4 heteroatoms. The summed E-state index contributed by atoms with van der Waals surface area (Å²) in [6.45, 7) is 2.07. The minimum atomic E-state index is 0.640. The fourth-order valence-corrected chi connectivity index (χ4v) is 4.30. The van der Waals surface area contributed by atoms with Crippen molar-refractivity contribution in [2.45, 2.75) is 19.3 Å². The fraction of sp³-hybridized carbons (Fsp3) is 0.240. The molecule has 1 atom stereocenters. The van der Waals surface area contributed by atoms with Crippen LogP contribution in [0.5, 0.6) is 0 Å². The molecule has 0 spiro atoms. The van der Waals surface area contributed by atoms with Crippen molar-refractivity contribution in [3.8, 4) is 11.4 Å². The second-order valence-corrected chi connectivity index (χ2v) is 7.77. The van der Waals surface area contributed by atoms with Gasteiger partial charge in [0.25, 0.3) is 0 Å². The van der Waals surface area contributed by atoms with Gasteiger partial charge in [0, 0.05) is 36.4 Å². The van der Waals surface area contributed by atoms with Gasteiger partial charge in [0.2, 0.25) is 0 Å². The first-order chi connectivity index (χ1) is 14.4. The Kier molecular flexibility index (Phi) is 4.91. The van der Waals surface area contributed by atoms with Crippen molar-refractivity contribution >= 4 is 16.7 Å². The lowest BCUT2D eigenvalue weighted by molar-refractivity contribution is 0.412. The van der Waals surface area contributed by atoms with Crippen molar-refractivity contribution in [2.24, 2.45) is 5.92 Å². The number of rotatable bonds is 4. The Morgan fingerprint density at radius 2 is 1.76 bits per heavy atom. The Bertz CT molecular complexity index is 1100. The smallest absolute Gasteiger partial charge is 0.163 e. The van der Waals surface area contributed by atoms with Crippen LogP contribution < -0.4 is 4.90 Å². The van der Waals surface area contributed by atoms with Crippen LogP contribution in [0.3, 0.4) is 0 Å². The molecular weight excluding hydrogens is 356 g/mol. The zero-order valence-electron chi connectivity index (χ0n) is 16.4. The third-order valence-corrected chi connectivity index (χ3v) is 5.69. The van der Waals surface area contributed by atoms with Crippen LogP contribution >= 0.6 is 0 Å². The predicted octanol–water partition coefficient (Wildman–Crippen LogP) is 5.15. The molecule has 1 fully saturated rings. The molecule has 2 aromatic carbocycles. The molecule has 4 aromatic rings. The standard InChI is InChI=1S/C25H24N4/c1-2-8-19(9-3-1)16-20-10-7-15-29(18-20)25-22-12-4-5-13-23(22)27-24(28-25)21-11-6-14-26-17-21/h1-6,8-9,11-14,17,20H,7,10,15-16,18H2. The van der Waals surface area contributed by atoms with Gasteiger partial charge in [-0.1, -0.05) is 42.5 Å². The van der Waals surface area contributed by atoms with E-state index in [9.17, 15) is 0 Å². The molecule has 2 aromatic heterocycles. The number of hydrogen-bond acceptors (Lipinski definition) is 4. The lowest BCUT2D eigenvalue weighted by Crippen LogP contribution is -2.37. The predicted molar refractivity (Wildman–Crippen MR) is 118 cm³/mol. The molecule has 0 radical (unpaired) electrons. The molecule has 5 rings (SSSR count). The summed E-state index contributed by atoms with van der Waals surface area (Å²) in [5.41, 5.74) is 3.36. The maximum atomic E-state index is 5.01. The van der Waals surface area contributed by atoms with E-state index in [4.69, 9.17) is 9.97 Å². The summed E-state index contributed by atoms with van der Waals surface area (Å²) in [4.78, 5) is 16.5. The summed E-state index contributed by atoms with van der Waals surface area (Å²) < 4.78 is 0. The zero-order valence-corrected chi connectivity index (χ0v) is 16.4. The Balaban J connectivity index is 1.50. The minimum absolute atomic E-state index is 0.640. The minimum Gasteiger partial charge on any atom is -0.356 e. The van der Waals surface area contributed by atoms with Gasteiger partial charge < -0.3 is 4.90 Å². The van der Waals surface area contributed by atoms with Crippen LogP contribution in [0.15, 0.2) is 79.1 Å². The summed E-state index contributed by atoms with van der Waals surface area (Å²) in [7, 11) is 0. The van der Waals surface area contributed by atoms with Crippen LogP contribution in [0.1, 0.15) is 18.4 Å². The molecule has 0 aliphatic carbocycles. The first-order valence-electron chi connectivity index (χ1n) is 10.3. The average molecular weight is 380 g/mol. The topological polar surface area (TPSA) is 41.9 Å². The van der Waals surface area contributed by atoms with Gasteiger partial charge in [0.1, 0.15) is 5.82 Å². The molecule has 4 nitrogen and oxygen atoms in total. The van der Waals surface area contributed by atoms with E-state index < -0.39 is 0 Å². The number of fused-ring (bicyclic) bond motifs is 1. The normalized spacial score (nSPS) is 16.8. The van der Waals surface area contributed by atoms with Crippen LogP contribution in [-0.2, 0) is 6.42 Å². The van der Waals surface area contributed by atoms with E-state index in [0.29, 0.717) is 5.92 Å². The van der Waals surface area contributed by atoms with Gasteiger partial charge in [-0.3, -0.25) is 4.98 Å². The van der Waals surface area contributed by atoms with Crippen molar-refractivity contribution in [2.75, 3.05) is 18.0 Å². The van der Waals surface area contributed by atoms with Crippen LogP contribution in [0, 0.1) is 5.92 Å². The zero-order chi connectivity index (χ0) is 19.5. The molecule has 1 aliphatic heterocycles. The number of aromatic nitrogens is 3. The quantitative estimate of drug-likeness (QED) is 0.491. The van der Waals surface area contributed by atoms with E-state index >= 15 is 0 Å². The monoisotopic (exact) mass is 380 g/mol. The molecule has 1 unspecified atom stereocenters. The summed E-state index contributed by atoms with van der Waals surface area (Å²) in [6.07, 6.45) is 7.20. The highest BCUT2D eigenvalue weighted by Gasteiger charge is 2.23. The molecular formula is C25H24N4. The fourth-order valence-electron chi connectivity index (χ4n) is 4.30. The van der Waals surface area contributed by atoms with Gasteiger partial charge in [-0.05, 0) is 55.0 Å². The van der Waals surface area contributed by atoms with Crippen LogP contribution in [0.4, 0.5) is 5.82 Å². The van der Waals surface area contributed by atoms with Crippen LogP contribution in [0.25, 0.3) is 22.3 Å². The highest BCUT2D eigenvalue weighted by molar-refractivity contribution is 5.91. The maximum Gasteiger partial charge on any atom is 0.163 e. The van der Waals surface area contributed by atoms with Crippen molar-refractivity contribution in [3.05, 3.63) is 84.7 Å². The number of benzene rings is 2. The van der Waals surface area contributed by atoms with Crippen molar-refractivity contribution in [1.29, 1.82) is 0 Å². The van der Waals surface area contributed by atoms with Crippen LogP contribution in [-0.4, -0.2) is 28.0 Å². The van der Waals surface area contributed by atoms with E-state index in [2.05, 4.69) is 58.4 Å². The average Bonchev–Trinajstić information content (AvgIpc) is 2.80. The molecule has 1 aliphatic rings.